The summed E-state index contributed by atoms with van der Waals surface area (Å²) in [5.41, 5.74) is 19.2. The summed E-state index contributed by atoms with van der Waals surface area (Å²) in [7, 11) is 0. The minimum absolute atomic E-state index is 0.542. The van der Waals surface area contributed by atoms with Gasteiger partial charge in [0.25, 0.3) is 0 Å². The van der Waals surface area contributed by atoms with Crippen molar-refractivity contribution in [3.05, 3.63) is 283 Å². The Hall–Kier alpha value is -8.72. The number of ether oxygens (including phenoxy) is 1. The summed E-state index contributed by atoms with van der Waals surface area (Å²) >= 11 is 0. The Morgan fingerprint density at radius 1 is 0.269 bits per heavy atom. The summed E-state index contributed by atoms with van der Waals surface area (Å²) in [6.07, 6.45) is 0. The highest BCUT2D eigenvalue weighted by Gasteiger charge is 2.46. The van der Waals surface area contributed by atoms with Gasteiger partial charge in [-0.15, -0.1) is 0 Å². The molecule has 0 bridgehead atoms. The molecule has 0 radical (unpaired) electrons. The molecular formula is C65H43NO. The highest BCUT2D eigenvalue weighted by Crippen LogP contribution is 2.58. The van der Waals surface area contributed by atoms with Gasteiger partial charge in [-0.3, -0.25) is 0 Å². The van der Waals surface area contributed by atoms with Crippen LogP contribution in [0.15, 0.2) is 261 Å². The second-order valence-corrected chi connectivity index (χ2v) is 17.6. The van der Waals surface area contributed by atoms with Gasteiger partial charge in [0.15, 0.2) is 0 Å². The fourth-order valence-corrected chi connectivity index (χ4v) is 10.9. The Balaban J connectivity index is 1.04. The van der Waals surface area contributed by atoms with Crippen molar-refractivity contribution in [3.63, 3.8) is 0 Å². The molecule has 2 aliphatic rings. The van der Waals surface area contributed by atoms with E-state index in [2.05, 4.69) is 266 Å². The molecule has 1 aliphatic carbocycles. The first-order chi connectivity index (χ1) is 33.2. The fraction of sp³-hybridized carbons (Fsp3) is 0.0154. The monoisotopic (exact) mass is 853 g/mol. The van der Waals surface area contributed by atoms with Gasteiger partial charge >= 0.3 is 0 Å². The Bertz CT molecular complexity index is 3600. The Labute approximate surface area is 391 Å². The van der Waals surface area contributed by atoms with Gasteiger partial charge in [0.2, 0.25) is 0 Å². The number of nitrogens with zero attached hydrogens (tertiary/aromatic N) is 1. The van der Waals surface area contributed by atoms with Crippen molar-refractivity contribution in [1.29, 1.82) is 0 Å². The predicted octanol–water partition coefficient (Wildman–Crippen LogP) is 17.4. The molecule has 0 fully saturated rings. The molecule has 11 aromatic carbocycles. The number of hydrogen-bond donors (Lipinski definition) is 0. The van der Waals surface area contributed by atoms with E-state index in [4.69, 9.17) is 4.74 Å². The molecule has 1 aliphatic heterocycles. The molecule has 0 aromatic heterocycles. The van der Waals surface area contributed by atoms with E-state index in [0.717, 1.165) is 61.9 Å². The molecule has 1 heterocycles. The van der Waals surface area contributed by atoms with Crippen LogP contribution in [0.25, 0.3) is 66.4 Å². The molecule has 0 amide bonds. The average Bonchev–Trinajstić information content (AvgIpc) is 3.63. The smallest absolute Gasteiger partial charge is 0.135 e. The zero-order valence-corrected chi connectivity index (χ0v) is 36.7. The third-order valence-electron chi connectivity index (χ3n) is 13.9. The molecule has 2 heteroatoms. The topological polar surface area (TPSA) is 12.5 Å². The van der Waals surface area contributed by atoms with Gasteiger partial charge in [-0.1, -0.05) is 194 Å². The fourth-order valence-electron chi connectivity index (χ4n) is 10.9. The molecule has 314 valence electrons. The zero-order valence-electron chi connectivity index (χ0n) is 36.7. The predicted molar refractivity (Wildman–Crippen MR) is 278 cm³/mol. The summed E-state index contributed by atoms with van der Waals surface area (Å²) in [5.74, 6) is 1.66. The lowest BCUT2D eigenvalue weighted by molar-refractivity contribution is 0.488. The lowest BCUT2D eigenvalue weighted by Gasteiger charge is -2.35. The lowest BCUT2D eigenvalue weighted by Crippen LogP contribution is -2.28. The van der Waals surface area contributed by atoms with Gasteiger partial charge in [0.05, 0.1) is 5.41 Å². The molecular weight excluding hydrogens is 811 g/mol. The van der Waals surface area contributed by atoms with Crippen molar-refractivity contribution in [2.45, 2.75) is 5.41 Å². The van der Waals surface area contributed by atoms with E-state index in [9.17, 15) is 0 Å². The first-order valence-corrected chi connectivity index (χ1v) is 23.1. The van der Waals surface area contributed by atoms with E-state index in [-0.39, 0.29) is 0 Å². The van der Waals surface area contributed by atoms with Crippen LogP contribution in [0, 0.1) is 0 Å². The van der Waals surface area contributed by atoms with Crippen LogP contribution < -0.4 is 9.64 Å². The molecule has 2 nitrogen and oxygen atoms in total. The molecule has 0 saturated carbocycles. The van der Waals surface area contributed by atoms with Crippen LogP contribution >= 0.6 is 0 Å². The van der Waals surface area contributed by atoms with E-state index in [1.807, 2.05) is 0 Å². The van der Waals surface area contributed by atoms with Crippen molar-refractivity contribution >= 4 is 27.8 Å². The van der Waals surface area contributed by atoms with Crippen molar-refractivity contribution in [2.75, 3.05) is 4.90 Å². The van der Waals surface area contributed by atoms with Crippen LogP contribution in [-0.2, 0) is 5.41 Å². The summed E-state index contributed by atoms with van der Waals surface area (Å²) in [6, 6.07) is 95.0. The SMILES string of the molecule is c1ccc(-c2ccc(N(c3ccc4c(c3)-c3cc5ccccc5cc3-c3ccc(-c5ccccc5)cc3O4)c3ccc4c(c3)C(c3ccccc3)(c3ccccc3)c3ccccc3-4)cc2)cc1. The van der Waals surface area contributed by atoms with E-state index in [1.165, 1.54) is 55.3 Å². The maximum Gasteiger partial charge on any atom is 0.135 e. The first kappa shape index (κ1) is 38.7. The second-order valence-electron chi connectivity index (χ2n) is 17.6. The molecule has 67 heavy (non-hydrogen) atoms. The third-order valence-corrected chi connectivity index (χ3v) is 13.9. The van der Waals surface area contributed by atoms with Crippen LogP contribution in [0.1, 0.15) is 22.3 Å². The molecule has 0 atom stereocenters. The average molecular weight is 854 g/mol. The summed E-state index contributed by atoms with van der Waals surface area (Å²) in [4.78, 5) is 2.42. The molecule has 0 spiro atoms. The van der Waals surface area contributed by atoms with E-state index in [1.54, 1.807) is 0 Å². The largest absolute Gasteiger partial charge is 0.456 e. The number of hydrogen-bond acceptors (Lipinski definition) is 2. The number of benzene rings is 11. The van der Waals surface area contributed by atoms with Gasteiger partial charge in [0, 0.05) is 28.2 Å². The molecule has 0 unspecified atom stereocenters. The van der Waals surface area contributed by atoms with E-state index in [0.29, 0.717) is 0 Å². The highest BCUT2D eigenvalue weighted by atomic mass is 16.5. The highest BCUT2D eigenvalue weighted by molar-refractivity contribution is 6.01. The number of fused-ring (bicyclic) bond motifs is 9. The van der Waals surface area contributed by atoms with Gasteiger partial charge in [-0.2, -0.15) is 0 Å². The van der Waals surface area contributed by atoms with Gasteiger partial charge in [0.1, 0.15) is 11.5 Å². The Morgan fingerprint density at radius 3 is 1.42 bits per heavy atom. The summed E-state index contributed by atoms with van der Waals surface area (Å²) in [6.45, 7) is 0. The minimum Gasteiger partial charge on any atom is -0.456 e. The second kappa shape index (κ2) is 15.8. The van der Waals surface area contributed by atoms with Crippen LogP contribution in [0.5, 0.6) is 11.5 Å². The standard InChI is InChI=1S/C65H43NO/c1-5-17-44(18-6-1)46-29-32-52(33-30-46)66(54-34-37-56-55-27-15-16-28-61(55)65(62(56)43-54,50-23-9-3-10-24-50)51-25-11-4-12-26-51)53-35-38-63-60(42-53)59-40-48-22-14-13-21-47(48)39-58(59)57-36-31-49(41-64(57)67-63)45-19-7-2-8-20-45/h1-43H. The number of rotatable bonds is 7. The first-order valence-electron chi connectivity index (χ1n) is 23.1. The lowest BCUT2D eigenvalue weighted by atomic mass is 9.67. The quantitative estimate of drug-likeness (QED) is 0.158. The molecule has 11 aromatic rings. The van der Waals surface area contributed by atoms with E-state index >= 15 is 0 Å². The van der Waals surface area contributed by atoms with Crippen LogP contribution in [0.3, 0.4) is 0 Å². The van der Waals surface area contributed by atoms with E-state index < -0.39 is 5.41 Å². The summed E-state index contributed by atoms with van der Waals surface area (Å²) in [5, 5.41) is 2.38. The van der Waals surface area contributed by atoms with Crippen molar-refractivity contribution < 1.29 is 4.74 Å². The van der Waals surface area contributed by atoms with Crippen molar-refractivity contribution in [3.8, 4) is 67.1 Å². The Morgan fingerprint density at radius 2 is 0.746 bits per heavy atom. The van der Waals surface area contributed by atoms with Crippen LogP contribution in [-0.4, -0.2) is 0 Å². The summed E-state index contributed by atoms with van der Waals surface area (Å²) < 4.78 is 7.09. The molecule has 0 N–H and O–H groups in total. The maximum absolute atomic E-state index is 7.09. The van der Waals surface area contributed by atoms with Crippen molar-refractivity contribution in [2.24, 2.45) is 0 Å². The normalized spacial score (nSPS) is 12.7. The van der Waals surface area contributed by atoms with Crippen LogP contribution in [0.4, 0.5) is 17.1 Å². The minimum atomic E-state index is -0.542. The van der Waals surface area contributed by atoms with Gasteiger partial charge in [-0.25, -0.2) is 0 Å². The Kier molecular flexibility index (Phi) is 9.11. The van der Waals surface area contributed by atoms with Gasteiger partial charge < -0.3 is 9.64 Å². The maximum atomic E-state index is 7.09. The number of anilines is 3. The van der Waals surface area contributed by atoms with Crippen molar-refractivity contribution in [1.82, 2.24) is 0 Å². The third kappa shape index (κ3) is 6.33. The molecule has 0 saturated heterocycles. The van der Waals surface area contributed by atoms with Crippen LogP contribution in [0.2, 0.25) is 0 Å². The molecule has 13 rings (SSSR count). The zero-order chi connectivity index (χ0) is 44.3. The van der Waals surface area contributed by atoms with Gasteiger partial charge in [-0.05, 0) is 144 Å².